The van der Waals surface area contributed by atoms with Crippen LogP contribution in [0, 0.1) is 0 Å². The molecule has 174 valence electrons. The number of hydrogen-bond donors (Lipinski definition) is 0. The summed E-state index contributed by atoms with van der Waals surface area (Å²) in [4.78, 5) is 0. The van der Waals surface area contributed by atoms with Gasteiger partial charge in [0.05, 0.1) is 13.2 Å². The van der Waals surface area contributed by atoms with Crippen LogP contribution in [0.25, 0.3) is 33.4 Å². The van der Waals surface area contributed by atoms with E-state index >= 15 is 0 Å². The van der Waals surface area contributed by atoms with Crippen molar-refractivity contribution in [2.75, 3.05) is 13.2 Å². The zero-order valence-electron chi connectivity index (χ0n) is 20.3. The van der Waals surface area contributed by atoms with Gasteiger partial charge in [0.15, 0.2) is 11.5 Å². The van der Waals surface area contributed by atoms with E-state index in [4.69, 9.17) is 9.47 Å². The van der Waals surface area contributed by atoms with Crippen LogP contribution in [0.4, 0.5) is 0 Å². The molecular weight excluding hydrogens is 416 g/mol. The lowest BCUT2D eigenvalue weighted by Crippen LogP contribution is -2.03. The first kappa shape index (κ1) is 23.6. The molecule has 2 nitrogen and oxygen atoms in total. The van der Waals surface area contributed by atoms with Gasteiger partial charge in [-0.25, -0.2) is 0 Å². The Labute approximate surface area is 204 Å². The number of para-hydroxylation sites is 1. The Bertz CT molecular complexity index is 1150. The molecule has 34 heavy (non-hydrogen) atoms. The van der Waals surface area contributed by atoms with E-state index in [1.165, 1.54) is 22.3 Å². The van der Waals surface area contributed by atoms with Gasteiger partial charge in [-0.1, -0.05) is 118 Å². The molecule has 0 aliphatic heterocycles. The van der Waals surface area contributed by atoms with Crippen LogP contribution in [0.15, 0.2) is 97.1 Å². The third kappa shape index (κ3) is 5.88. The molecule has 0 fully saturated rings. The van der Waals surface area contributed by atoms with Gasteiger partial charge < -0.3 is 9.47 Å². The third-order valence-corrected chi connectivity index (χ3v) is 6.00. The highest BCUT2D eigenvalue weighted by molar-refractivity contribution is 5.77. The molecule has 0 spiro atoms. The Morgan fingerprint density at radius 3 is 1.53 bits per heavy atom. The van der Waals surface area contributed by atoms with Crippen molar-refractivity contribution in [3.63, 3.8) is 0 Å². The highest BCUT2D eigenvalue weighted by Gasteiger charge is 2.13. The molecule has 2 heteroatoms. The zero-order valence-corrected chi connectivity index (χ0v) is 20.3. The summed E-state index contributed by atoms with van der Waals surface area (Å²) in [6, 6.07) is 34.2. The van der Waals surface area contributed by atoms with E-state index in [0.29, 0.717) is 13.2 Å². The Morgan fingerprint density at radius 1 is 0.471 bits per heavy atom. The Kier molecular flexibility index (Phi) is 8.40. The second-order valence-electron chi connectivity index (χ2n) is 8.56. The number of rotatable bonds is 11. The maximum atomic E-state index is 6.24. The first-order valence-corrected chi connectivity index (χ1v) is 12.4. The minimum Gasteiger partial charge on any atom is -0.490 e. The quantitative estimate of drug-likeness (QED) is 0.212. The Morgan fingerprint density at radius 2 is 0.971 bits per heavy atom. The molecule has 4 rings (SSSR count). The van der Waals surface area contributed by atoms with Crippen molar-refractivity contribution in [1.29, 1.82) is 0 Å². The SMILES string of the molecule is CCCCOc1cccc(-c2ccc(-c3ccc(-c4ccccc4)cc3)cc2)c1OCCCC. The summed E-state index contributed by atoms with van der Waals surface area (Å²) in [5, 5.41) is 0. The lowest BCUT2D eigenvalue weighted by atomic mass is 9.97. The second-order valence-corrected chi connectivity index (χ2v) is 8.56. The molecule has 0 N–H and O–H groups in total. The average Bonchev–Trinajstić information content (AvgIpc) is 2.90. The molecule has 0 aromatic heterocycles. The lowest BCUT2D eigenvalue weighted by Gasteiger charge is -2.17. The van der Waals surface area contributed by atoms with Gasteiger partial charge in [0.25, 0.3) is 0 Å². The van der Waals surface area contributed by atoms with E-state index in [1.807, 2.05) is 12.1 Å². The molecule has 0 saturated heterocycles. The van der Waals surface area contributed by atoms with E-state index in [1.54, 1.807) is 0 Å². The monoisotopic (exact) mass is 450 g/mol. The second kappa shape index (κ2) is 12.1. The van der Waals surface area contributed by atoms with Gasteiger partial charge in [0, 0.05) is 5.56 Å². The number of hydrogen-bond acceptors (Lipinski definition) is 2. The molecule has 0 aliphatic carbocycles. The number of ether oxygens (including phenoxy) is 2. The van der Waals surface area contributed by atoms with Crippen LogP contribution in [-0.4, -0.2) is 13.2 Å². The molecule has 0 unspecified atom stereocenters. The summed E-state index contributed by atoms with van der Waals surface area (Å²) < 4.78 is 12.3. The smallest absolute Gasteiger partial charge is 0.168 e. The van der Waals surface area contributed by atoms with Gasteiger partial charge >= 0.3 is 0 Å². The first-order chi connectivity index (χ1) is 16.8. The van der Waals surface area contributed by atoms with Gasteiger partial charge in [-0.15, -0.1) is 0 Å². The fourth-order valence-corrected chi connectivity index (χ4v) is 3.98. The molecule has 4 aromatic rings. The van der Waals surface area contributed by atoms with Gasteiger partial charge in [-0.2, -0.15) is 0 Å². The summed E-state index contributed by atoms with van der Waals surface area (Å²) in [7, 11) is 0. The highest BCUT2D eigenvalue weighted by Crippen LogP contribution is 2.39. The fourth-order valence-electron chi connectivity index (χ4n) is 3.98. The molecule has 0 radical (unpaired) electrons. The Balaban J connectivity index is 1.57. The first-order valence-electron chi connectivity index (χ1n) is 12.4. The summed E-state index contributed by atoms with van der Waals surface area (Å²) in [6.07, 6.45) is 4.28. The van der Waals surface area contributed by atoms with Crippen molar-refractivity contribution in [2.24, 2.45) is 0 Å². The molecule has 0 heterocycles. The summed E-state index contributed by atoms with van der Waals surface area (Å²) >= 11 is 0. The molecule has 0 amide bonds. The Hall–Kier alpha value is -3.52. The molecule has 4 aromatic carbocycles. The normalized spacial score (nSPS) is 10.8. The van der Waals surface area contributed by atoms with Crippen molar-refractivity contribution in [1.82, 2.24) is 0 Å². The van der Waals surface area contributed by atoms with Crippen molar-refractivity contribution in [3.8, 4) is 44.9 Å². The maximum absolute atomic E-state index is 6.24. The standard InChI is InChI=1S/C32H34O2/c1-3-5-23-33-31-14-10-13-30(32(31)34-24-6-4-2)29-21-19-28(20-22-29)27-17-15-26(16-18-27)25-11-8-7-9-12-25/h7-22H,3-6,23-24H2,1-2H3. The van der Waals surface area contributed by atoms with Crippen LogP contribution in [-0.2, 0) is 0 Å². The van der Waals surface area contributed by atoms with Gasteiger partial charge in [-0.05, 0) is 46.7 Å². The van der Waals surface area contributed by atoms with Crippen LogP contribution in [0.1, 0.15) is 39.5 Å². The number of benzene rings is 4. The van der Waals surface area contributed by atoms with Crippen LogP contribution in [0.2, 0.25) is 0 Å². The van der Waals surface area contributed by atoms with Crippen LogP contribution < -0.4 is 9.47 Å². The lowest BCUT2D eigenvalue weighted by molar-refractivity contribution is 0.263. The number of unbranched alkanes of at least 4 members (excludes halogenated alkanes) is 2. The molecule has 0 atom stereocenters. The van der Waals surface area contributed by atoms with E-state index in [-0.39, 0.29) is 0 Å². The van der Waals surface area contributed by atoms with Crippen molar-refractivity contribution in [2.45, 2.75) is 39.5 Å². The molecule has 0 saturated carbocycles. The topological polar surface area (TPSA) is 18.5 Å². The van der Waals surface area contributed by atoms with Crippen LogP contribution >= 0.6 is 0 Å². The van der Waals surface area contributed by atoms with Crippen LogP contribution in [0.5, 0.6) is 11.5 Å². The fraction of sp³-hybridized carbons (Fsp3) is 0.250. The van der Waals surface area contributed by atoms with E-state index in [0.717, 1.165) is 48.3 Å². The highest BCUT2D eigenvalue weighted by atomic mass is 16.5. The van der Waals surface area contributed by atoms with E-state index < -0.39 is 0 Å². The minimum atomic E-state index is 0.698. The third-order valence-electron chi connectivity index (χ3n) is 6.00. The van der Waals surface area contributed by atoms with Crippen LogP contribution in [0.3, 0.4) is 0 Å². The van der Waals surface area contributed by atoms with E-state index in [9.17, 15) is 0 Å². The average molecular weight is 451 g/mol. The molecule has 0 bridgehead atoms. The zero-order chi connectivity index (χ0) is 23.6. The maximum Gasteiger partial charge on any atom is 0.168 e. The van der Waals surface area contributed by atoms with E-state index in [2.05, 4.69) is 98.8 Å². The minimum absolute atomic E-state index is 0.698. The van der Waals surface area contributed by atoms with Gasteiger partial charge in [0.2, 0.25) is 0 Å². The summed E-state index contributed by atoms with van der Waals surface area (Å²) in [5.74, 6) is 1.69. The summed E-state index contributed by atoms with van der Waals surface area (Å²) in [5.41, 5.74) is 7.10. The molecule has 0 aliphatic rings. The summed E-state index contributed by atoms with van der Waals surface area (Å²) in [6.45, 7) is 5.76. The predicted molar refractivity (Wildman–Crippen MR) is 144 cm³/mol. The van der Waals surface area contributed by atoms with Crippen molar-refractivity contribution in [3.05, 3.63) is 97.1 Å². The van der Waals surface area contributed by atoms with Crippen molar-refractivity contribution >= 4 is 0 Å². The van der Waals surface area contributed by atoms with Crippen molar-refractivity contribution < 1.29 is 9.47 Å². The van der Waals surface area contributed by atoms with Gasteiger partial charge in [0.1, 0.15) is 0 Å². The predicted octanol–water partition coefficient (Wildman–Crippen LogP) is 9.05. The molecular formula is C32H34O2. The largest absolute Gasteiger partial charge is 0.490 e. The van der Waals surface area contributed by atoms with Gasteiger partial charge in [-0.3, -0.25) is 0 Å².